The lowest BCUT2D eigenvalue weighted by atomic mass is 10.1. The van der Waals surface area contributed by atoms with E-state index in [2.05, 4.69) is 20.9 Å². The molecule has 0 bridgehead atoms. The molecule has 108 valence electrons. The van der Waals surface area contributed by atoms with E-state index in [1.807, 2.05) is 24.3 Å². The van der Waals surface area contributed by atoms with Gasteiger partial charge in [-0.05, 0) is 30.3 Å². The summed E-state index contributed by atoms with van der Waals surface area (Å²) in [6, 6.07) is 10.0. The van der Waals surface area contributed by atoms with Crippen LogP contribution in [-0.2, 0) is 11.3 Å². The minimum Gasteiger partial charge on any atom is -0.464 e. The molecule has 2 aromatic heterocycles. The van der Waals surface area contributed by atoms with Crippen LogP contribution < -0.4 is 0 Å². The number of aromatic amines is 1. The first-order chi connectivity index (χ1) is 10.4. The molecule has 4 rings (SSSR count). The number of hydrogen-bond acceptors (Lipinski definition) is 4. The molecule has 0 atom stereocenters. The largest absolute Gasteiger partial charge is 0.464 e. The Morgan fingerprint density at radius 2 is 2.10 bits per heavy atom. The molecule has 1 aromatic carbocycles. The average molecular weight is 283 g/mol. The van der Waals surface area contributed by atoms with Crippen LogP contribution in [0.15, 0.2) is 41.0 Å². The Morgan fingerprint density at radius 3 is 2.90 bits per heavy atom. The van der Waals surface area contributed by atoms with Gasteiger partial charge in [0.1, 0.15) is 11.6 Å². The summed E-state index contributed by atoms with van der Waals surface area (Å²) in [5.74, 6) is 1.88. The van der Waals surface area contributed by atoms with Crippen molar-refractivity contribution in [2.45, 2.75) is 6.54 Å². The van der Waals surface area contributed by atoms with Crippen LogP contribution in [0.5, 0.6) is 0 Å². The SMILES string of the molecule is c1coc(-c2ccc3nc(CN4CCOCC4)[nH]c3c2)c1. The number of furan rings is 1. The van der Waals surface area contributed by atoms with E-state index in [4.69, 9.17) is 9.15 Å². The maximum atomic E-state index is 5.44. The molecule has 0 spiro atoms. The number of imidazole rings is 1. The zero-order chi connectivity index (χ0) is 14.1. The number of fused-ring (bicyclic) bond motifs is 1. The van der Waals surface area contributed by atoms with Crippen molar-refractivity contribution in [3.63, 3.8) is 0 Å². The van der Waals surface area contributed by atoms with Crippen LogP contribution in [0.25, 0.3) is 22.4 Å². The van der Waals surface area contributed by atoms with E-state index in [0.29, 0.717) is 0 Å². The summed E-state index contributed by atoms with van der Waals surface area (Å²) in [5.41, 5.74) is 3.11. The lowest BCUT2D eigenvalue weighted by Gasteiger charge is -2.25. The van der Waals surface area contributed by atoms with E-state index in [-0.39, 0.29) is 0 Å². The second-order valence-corrected chi connectivity index (χ2v) is 5.28. The number of hydrogen-bond donors (Lipinski definition) is 1. The Morgan fingerprint density at radius 1 is 1.19 bits per heavy atom. The molecular formula is C16H17N3O2. The normalized spacial score (nSPS) is 16.6. The molecular weight excluding hydrogens is 266 g/mol. The zero-order valence-corrected chi connectivity index (χ0v) is 11.7. The number of nitrogens with one attached hydrogen (secondary N) is 1. The van der Waals surface area contributed by atoms with Gasteiger partial charge in [-0.25, -0.2) is 4.98 Å². The number of H-pyrrole nitrogens is 1. The van der Waals surface area contributed by atoms with Crippen LogP contribution in [0.2, 0.25) is 0 Å². The van der Waals surface area contributed by atoms with Gasteiger partial charge in [-0.15, -0.1) is 0 Å². The van der Waals surface area contributed by atoms with Crippen molar-refractivity contribution in [2.24, 2.45) is 0 Å². The highest BCUT2D eigenvalue weighted by atomic mass is 16.5. The first-order valence-corrected chi connectivity index (χ1v) is 7.21. The maximum Gasteiger partial charge on any atom is 0.133 e. The van der Waals surface area contributed by atoms with E-state index in [1.54, 1.807) is 6.26 Å². The van der Waals surface area contributed by atoms with Gasteiger partial charge in [0.15, 0.2) is 0 Å². The fraction of sp³-hybridized carbons (Fsp3) is 0.312. The molecule has 21 heavy (non-hydrogen) atoms. The van der Waals surface area contributed by atoms with Gasteiger partial charge in [-0.2, -0.15) is 0 Å². The summed E-state index contributed by atoms with van der Waals surface area (Å²) < 4.78 is 10.8. The summed E-state index contributed by atoms with van der Waals surface area (Å²) >= 11 is 0. The third-order valence-electron chi connectivity index (χ3n) is 3.81. The topological polar surface area (TPSA) is 54.3 Å². The molecule has 5 heteroatoms. The van der Waals surface area contributed by atoms with Crippen molar-refractivity contribution in [1.82, 2.24) is 14.9 Å². The fourth-order valence-corrected chi connectivity index (χ4v) is 2.70. The van der Waals surface area contributed by atoms with Crippen molar-refractivity contribution < 1.29 is 9.15 Å². The van der Waals surface area contributed by atoms with E-state index in [1.165, 1.54) is 0 Å². The molecule has 1 N–H and O–H groups in total. The quantitative estimate of drug-likeness (QED) is 0.803. The Bertz CT molecular complexity index is 727. The summed E-state index contributed by atoms with van der Waals surface area (Å²) in [4.78, 5) is 10.4. The lowest BCUT2D eigenvalue weighted by Crippen LogP contribution is -2.35. The molecule has 0 radical (unpaired) electrons. The molecule has 3 heterocycles. The van der Waals surface area contributed by atoms with Gasteiger partial charge < -0.3 is 14.1 Å². The third-order valence-corrected chi connectivity index (χ3v) is 3.81. The molecule has 1 fully saturated rings. The number of nitrogens with zero attached hydrogens (tertiary/aromatic N) is 2. The Hall–Kier alpha value is -2.11. The van der Waals surface area contributed by atoms with Crippen LogP contribution in [0, 0.1) is 0 Å². The Kier molecular flexibility index (Phi) is 3.21. The van der Waals surface area contributed by atoms with Gasteiger partial charge in [-0.3, -0.25) is 4.90 Å². The number of rotatable bonds is 3. The predicted molar refractivity (Wildman–Crippen MR) is 79.9 cm³/mol. The van der Waals surface area contributed by atoms with Crippen LogP contribution in [-0.4, -0.2) is 41.2 Å². The molecule has 0 amide bonds. The van der Waals surface area contributed by atoms with Crippen LogP contribution in [0.1, 0.15) is 5.82 Å². The molecule has 5 nitrogen and oxygen atoms in total. The van der Waals surface area contributed by atoms with E-state index < -0.39 is 0 Å². The average Bonchev–Trinajstić information content (AvgIpc) is 3.16. The molecule has 0 saturated carbocycles. The summed E-state index contributed by atoms with van der Waals surface area (Å²) in [6.07, 6.45) is 1.69. The highest BCUT2D eigenvalue weighted by Crippen LogP contribution is 2.24. The second kappa shape index (κ2) is 5.35. The third kappa shape index (κ3) is 2.57. The predicted octanol–water partition coefficient (Wildman–Crippen LogP) is 2.66. The second-order valence-electron chi connectivity index (χ2n) is 5.28. The summed E-state index contributed by atoms with van der Waals surface area (Å²) in [6.45, 7) is 4.39. The monoisotopic (exact) mass is 283 g/mol. The lowest BCUT2D eigenvalue weighted by molar-refractivity contribution is 0.0332. The van der Waals surface area contributed by atoms with Crippen molar-refractivity contribution in [2.75, 3.05) is 26.3 Å². The minimum atomic E-state index is 0.808. The molecule has 3 aromatic rings. The molecule has 1 aliphatic heterocycles. The smallest absolute Gasteiger partial charge is 0.133 e. The van der Waals surface area contributed by atoms with Crippen molar-refractivity contribution in [1.29, 1.82) is 0 Å². The van der Waals surface area contributed by atoms with Crippen LogP contribution in [0.4, 0.5) is 0 Å². The van der Waals surface area contributed by atoms with E-state index in [0.717, 1.165) is 61.0 Å². The summed E-state index contributed by atoms with van der Waals surface area (Å²) in [5, 5.41) is 0. The first-order valence-electron chi connectivity index (χ1n) is 7.21. The van der Waals surface area contributed by atoms with E-state index >= 15 is 0 Å². The van der Waals surface area contributed by atoms with Crippen LogP contribution >= 0.6 is 0 Å². The minimum absolute atomic E-state index is 0.808. The number of ether oxygens (including phenoxy) is 1. The fourth-order valence-electron chi connectivity index (χ4n) is 2.70. The molecule has 0 unspecified atom stereocenters. The van der Waals surface area contributed by atoms with Gasteiger partial charge >= 0.3 is 0 Å². The van der Waals surface area contributed by atoms with Gasteiger partial charge in [0.2, 0.25) is 0 Å². The van der Waals surface area contributed by atoms with Crippen molar-refractivity contribution in [3.05, 3.63) is 42.4 Å². The standard InChI is InChI=1S/C16H17N3O2/c1-2-15(21-7-1)12-3-4-13-14(10-12)18-16(17-13)11-19-5-8-20-9-6-19/h1-4,7,10H,5-6,8-9,11H2,(H,17,18). The van der Waals surface area contributed by atoms with Gasteiger partial charge in [0.05, 0.1) is 37.1 Å². The van der Waals surface area contributed by atoms with Crippen LogP contribution in [0.3, 0.4) is 0 Å². The molecule has 1 saturated heterocycles. The molecule has 0 aliphatic carbocycles. The van der Waals surface area contributed by atoms with Gasteiger partial charge in [0, 0.05) is 18.7 Å². The Labute approximate surface area is 122 Å². The highest BCUT2D eigenvalue weighted by molar-refractivity contribution is 5.80. The van der Waals surface area contributed by atoms with Crippen molar-refractivity contribution in [3.8, 4) is 11.3 Å². The van der Waals surface area contributed by atoms with Gasteiger partial charge in [0.25, 0.3) is 0 Å². The summed E-state index contributed by atoms with van der Waals surface area (Å²) in [7, 11) is 0. The van der Waals surface area contributed by atoms with E-state index in [9.17, 15) is 0 Å². The van der Waals surface area contributed by atoms with Gasteiger partial charge in [-0.1, -0.05) is 0 Å². The first kappa shape index (κ1) is 12.6. The number of aromatic nitrogens is 2. The zero-order valence-electron chi connectivity index (χ0n) is 11.7. The van der Waals surface area contributed by atoms with Crippen molar-refractivity contribution >= 4 is 11.0 Å². The number of morpholine rings is 1. The Balaban J connectivity index is 1.60. The maximum absolute atomic E-state index is 5.44. The number of benzene rings is 1. The molecule has 1 aliphatic rings. The highest BCUT2D eigenvalue weighted by Gasteiger charge is 2.13.